The van der Waals surface area contributed by atoms with E-state index in [1.54, 1.807) is 9.47 Å². The van der Waals surface area contributed by atoms with Crippen LogP contribution in [0.25, 0.3) is 0 Å². The molecule has 3 rings (SSSR count). The molecule has 0 saturated carbocycles. The number of nitrogens with zero attached hydrogens (tertiary/aromatic N) is 5. The van der Waals surface area contributed by atoms with Gasteiger partial charge in [-0.05, 0) is 25.7 Å². The first kappa shape index (κ1) is 17.5. The summed E-state index contributed by atoms with van der Waals surface area (Å²) in [6.45, 7) is 9.49. The molecule has 2 aliphatic rings. The molecule has 1 aromatic rings. The lowest BCUT2D eigenvalue weighted by molar-refractivity contribution is -0.389. The van der Waals surface area contributed by atoms with Crippen molar-refractivity contribution >= 4 is 11.9 Å². The number of aromatic nitrogens is 2. The summed E-state index contributed by atoms with van der Waals surface area (Å²) >= 11 is 0. The molecule has 3 heterocycles. The number of imidazole rings is 1. The summed E-state index contributed by atoms with van der Waals surface area (Å²) in [6.07, 6.45) is 1.03. The van der Waals surface area contributed by atoms with Gasteiger partial charge in [-0.2, -0.15) is 0 Å². The molecular weight excluding hydrogens is 330 g/mol. The molecule has 1 aromatic heterocycles. The van der Waals surface area contributed by atoms with Crippen LogP contribution in [0, 0.1) is 10.1 Å². The Balaban J connectivity index is 1.45. The van der Waals surface area contributed by atoms with Crippen LogP contribution >= 0.6 is 0 Å². The highest BCUT2D eigenvalue weighted by Gasteiger charge is 2.33. The van der Waals surface area contributed by atoms with Crippen LogP contribution in [0.3, 0.4) is 0 Å². The van der Waals surface area contributed by atoms with E-state index in [0.717, 1.165) is 13.1 Å². The van der Waals surface area contributed by atoms with Gasteiger partial charge in [-0.15, -0.1) is 0 Å². The molecule has 10 heteroatoms. The molecule has 0 unspecified atom stereocenters. The van der Waals surface area contributed by atoms with Gasteiger partial charge in [0.15, 0.2) is 0 Å². The fourth-order valence-corrected chi connectivity index (χ4v) is 2.93. The first-order valence-electron chi connectivity index (χ1n) is 8.30. The number of carbonyl (C=O) groups is 1. The van der Waals surface area contributed by atoms with Gasteiger partial charge >= 0.3 is 17.9 Å². The second-order valence-electron chi connectivity index (χ2n) is 7.30. The second-order valence-corrected chi connectivity index (χ2v) is 7.30. The zero-order chi connectivity index (χ0) is 18.2. The van der Waals surface area contributed by atoms with E-state index in [-0.39, 0.29) is 18.0 Å². The third kappa shape index (κ3) is 4.19. The molecule has 10 nitrogen and oxygen atoms in total. The first-order chi connectivity index (χ1) is 11.7. The summed E-state index contributed by atoms with van der Waals surface area (Å²) in [5.74, 6) is -0.195. The van der Waals surface area contributed by atoms with Crippen molar-refractivity contribution in [3.8, 4) is 6.01 Å². The third-order valence-corrected chi connectivity index (χ3v) is 4.07. The minimum atomic E-state index is -0.528. The van der Waals surface area contributed by atoms with Crippen molar-refractivity contribution in [3.05, 3.63) is 16.3 Å². The lowest BCUT2D eigenvalue weighted by Gasteiger charge is -2.36. The molecule has 1 atom stereocenters. The molecule has 0 aliphatic carbocycles. The van der Waals surface area contributed by atoms with Gasteiger partial charge in [0.1, 0.15) is 17.9 Å². The molecule has 1 amide bonds. The van der Waals surface area contributed by atoms with Crippen LogP contribution < -0.4 is 4.74 Å². The van der Waals surface area contributed by atoms with Gasteiger partial charge in [-0.25, -0.2) is 4.79 Å². The standard InChI is InChI=1S/C15H23N5O5/c1-15(2,3)25-14(21)18-6-4-17(5-7-18)8-11-9-19-10-12(20(22)23)16-13(19)24-11/h10-11H,4-9H2,1-3H3/t11-/m0/s1. The lowest BCUT2D eigenvalue weighted by Crippen LogP contribution is -2.51. The zero-order valence-electron chi connectivity index (χ0n) is 14.7. The number of hydrogen-bond acceptors (Lipinski definition) is 7. The fourth-order valence-electron chi connectivity index (χ4n) is 2.93. The van der Waals surface area contributed by atoms with Gasteiger partial charge in [-0.3, -0.25) is 9.47 Å². The maximum absolute atomic E-state index is 12.1. The number of amides is 1. The van der Waals surface area contributed by atoms with Gasteiger partial charge in [0.2, 0.25) is 0 Å². The predicted molar refractivity (Wildman–Crippen MR) is 87.5 cm³/mol. The number of rotatable bonds is 3. The molecule has 0 bridgehead atoms. The minimum Gasteiger partial charge on any atom is -0.444 e. The molecule has 25 heavy (non-hydrogen) atoms. The SMILES string of the molecule is CC(C)(C)OC(=O)N1CCN(C[C@H]2Cn3cc([N+](=O)[O-])nc3O2)CC1. The molecular formula is C15H23N5O5. The summed E-state index contributed by atoms with van der Waals surface area (Å²) in [5, 5.41) is 10.7. The average molecular weight is 353 g/mol. The average Bonchev–Trinajstić information content (AvgIpc) is 3.04. The molecule has 0 N–H and O–H groups in total. The van der Waals surface area contributed by atoms with E-state index in [2.05, 4.69) is 9.88 Å². The molecule has 138 valence electrons. The highest BCUT2D eigenvalue weighted by Crippen LogP contribution is 2.25. The Labute approximate surface area is 145 Å². The quantitative estimate of drug-likeness (QED) is 0.592. The van der Waals surface area contributed by atoms with Crippen molar-refractivity contribution in [2.45, 2.75) is 39.0 Å². The number of carbonyl (C=O) groups excluding carboxylic acids is 1. The highest BCUT2D eigenvalue weighted by atomic mass is 16.6. The number of hydrogen-bond donors (Lipinski definition) is 0. The van der Waals surface area contributed by atoms with Crippen LogP contribution in [0.15, 0.2) is 6.20 Å². The minimum absolute atomic E-state index is 0.0867. The molecule has 0 aromatic carbocycles. The van der Waals surface area contributed by atoms with Gasteiger partial charge in [-0.1, -0.05) is 0 Å². The van der Waals surface area contributed by atoms with Gasteiger partial charge in [0, 0.05) is 37.7 Å². The molecule has 1 saturated heterocycles. The van der Waals surface area contributed by atoms with Crippen molar-refractivity contribution in [1.29, 1.82) is 0 Å². The Morgan fingerprint density at radius 1 is 1.40 bits per heavy atom. The van der Waals surface area contributed by atoms with Crippen LogP contribution in [0.2, 0.25) is 0 Å². The van der Waals surface area contributed by atoms with Gasteiger partial charge < -0.3 is 24.5 Å². The van der Waals surface area contributed by atoms with E-state index in [4.69, 9.17) is 9.47 Å². The van der Waals surface area contributed by atoms with E-state index in [1.165, 1.54) is 6.20 Å². The lowest BCUT2D eigenvalue weighted by atomic mass is 10.2. The largest absolute Gasteiger partial charge is 0.444 e. The number of fused-ring (bicyclic) bond motifs is 1. The highest BCUT2D eigenvalue weighted by molar-refractivity contribution is 5.68. The van der Waals surface area contributed by atoms with Crippen molar-refractivity contribution in [2.75, 3.05) is 32.7 Å². The fraction of sp³-hybridized carbons (Fsp3) is 0.733. The number of piperazine rings is 1. The first-order valence-corrected chi connectivity index (χ1v) is 8.30. The van der Waals surface area contributed by atoms with E-state index >= 15 is 0 Å². The van der Waals surface area contributed by atoms with Crippen molar-refractivity contribution in [2.24, 2.45) is 0 Å². The van der Waals surface area contributed by atoms with Crippen molar-refractivity contribution in [1.82, 2.24) is 19.4 Å². The second kappa shape index (κ2) is 6.51. The molecule has 1 fully saturated rings. The Morgan fingerprint density at radius 3 is 2.64 bits per heavy atom. The Morgan fingerprint density at radius 2 is 2.08 bits per heavy atom. The monoisotopic (exact) mass is 353 g/mol. The number of ether oxygens (including phenoxy) is 2. The predicted octanol–water partition coefficient (Wildman–Crippen LogP) is 1.10. The van der Waals surface area contributed by atoms with E-state index in [0.29, 0.717) is 32.2 Å². The zero-order valence-corrected chi connectivity index (χ0v) is 14.7. The van der Waals surface area contributed by atoms with Gasteiger partial charge in [0.25, 0.3) is 0 Å². The summed E-state index contributed by atoms with van der Waals surface area (Å²) in [4.78, 5) is 30.0. The Bertz CT molecular complexity index is 636. The van der Waals surface area contributed by atoms with Crippen LogP contribution in [-0.2, 0) is 11.3 Å². The molecule has 0 radical (unpaired) electrons. The van der Waals surface area contributed by atoms with Crippen LogP contribution in [0.1, 0.15) is 20.8 Å². The summed E-state index contributed by atoms with van der Waals surface area (Å²) in [7, 11) is 0. The maximum atomic E-state index is 12.1. The smallest absolute Gasteiger partial charge is 0.414 e. The third-order valence-electron chi connectivity index (χ3n) is 4.07. The van der Waals surface area contributed by atoms with Crippen molar-refractivity contribution < 1.29 is 19.2 Å². The van der Waals surface area contributed by atoms with E-state index in [1.807, 2.05) is 20.8 Å². The topological polar surface area (TPSA) is 103 Å². The van der Waals surface area contributed by atoms with E-state index < -0.39 is 10.5 Å². The van der Waals surface area contributed by atoms with Crippen LogP contribution in [0.5, 0.6) is 6.01 Å². The Kier molecular flexibility index (Phi) is 4.55. The maximum Gasteiger partial charge on any atom is 0.414 e. The molecule has 2 aliphatic heterocycles. The van der Waals surface area contributed by atoms with Crippen LogP contribution in [-0.4, -0.2) is 74.8 Å². The van der Waals surface area contributed by atoms with Crippen LogP contribution in [0.4, 0.5) is 10.6 Å². The van der Waals surface area contributed by atoms with Crippen molar-refractivity contribution in [3.63, 3.8) is 0 Å². The molecule has 0 spiro atoms. The normalized spacial score (nSPS) is 20.9. The summed E-state index contributed by atoms with van der Waals surface area (Å²) in [5.41, 5.74) is -0.491. The van der Waals surface area contributed by atoms with Gasteiger partial charge in [0.05, 0.1) is 6.54 Å². The number of nitro groups is 1. The summed E-state index contributed by atoms with van der Waals surface area (Å²) < 4.78 is 12.7. The summed E-state index contributed by atoms with van der Waals surface area (Å²) in [6, 6.07) is 0.295. The van der Waals surface area contributed by atoms with E-state index in [9.17, 15) is 14.9 Å². The Hall–Kier alpha value is -2.36.